The van der Waals surface area contributed by atoms with Crippen LogP contribution >= 0.6 is 11.3 Å². The predicted molar refractivity (Wildman–Crippen MR) is 112 cm³/mol. The van der Waals surface area contributed by atoms with Crippen LogP contribution in [0.3, 0.4) is 0 Å². The Bertz CT molecular complexity index is 1010. The highest BCUT2D eigenvalue weighted by Gasteiger charge is 2.17. The molecule has 3 rings (SSSR count). The number of benzene rings is 2. The lowest BCUT2D eigenvalue weighted by Gasteiger charge is -2.08. The van der Waals surface area contributed by atoms with E-state index in [1.54, 1.807) is 14.2 Å². The Balaban J connectivity index is 1.79. The molecule has 3 aromatic rings. The number of aromatic nitrogens is 1. The van der Waals surface area contributed by atoms with Crippen LogP contribution in [0, 0.1) is 20.8 Å². The van der Waals surface area contributed by atoms with E-state index in [1.165, 1.54) is 22.5 Å². The van der Waals surface area contributed by atoms with Gasteiger partial charge in [-0.2, -0.15) is 0 Å². The van der Waals surface area contributed by atoms with E-state index in [0.717, 1.165) is 16.1 Å². The molecule has 1 N–H and O–H groups in total. The topological polar surface area (TPSA) is 60.5 Å². The van der Waals surface area contributed by atoms with Crippen molar-refractivity contribution in [2.75, 3.05) is 14.2 Å². The van der Waals surface area contributed by atoms with Gasteiger partial charge in [0.25, 0.3) is 5.91 Å². The van der Waals surface area contributed by atoms with Gasteiger partial charge in [-0.1, -0.05) is 23.8 Å². The Hall–Kier alpha value is -2.86. The summed E-state index contributed by atoms with van der Waals surface area (Å²) in [6, 6.07) is 11.9. The summed E-state index contributed by atoms with van der Waals surface area (Å²) < 4.78 is 10.6. The van der Waals surface area contributed by atoms with Gasteiger partial charge in [0.1, 0.15) is 9.88 Å². The number of nitrogens with zero attached hydrogens (tertiary/aromatic N) is 1. The zero-order valence-electron chi connectivity index (χ0n) is 16.8. The van der Waals surface area contributed by atoms with Crippen molar-refractivity contribution in [3.05, 3.63) is 63.7 Å². The first-order valence-corrected chi connectivity index (χ1v) is 9.78. The molecule has 0 radical (unpaired) electrons. The number of aryl methyl sites for hydroxylation is 3. The van der Waals surface area contributed by atoms with Crippen LogP contribution in [0.15, 0.2) is 36.4 Å². The number of rotatable bonds is 6. The van der Waals surface area contributed by atoms with Crippen LogP contribution in [0.25, 0.3) is 10.6 Å². The second-order valence-electron chi connectivity index (χ2n) is 6.62. The molecule has 1 amide bonds. The standard InChI is InChI=1S/C22H24N2O3S/c1-13-6-7-17(14(2)10-13)12-23-21(25)20-15(3)24-22(28-20)16-8-9-18(26-4)19(11-16)27-5/h6-11H,12H2,1-5H3,(H,23,25). The van der Waals surface area contributed by atoms with E-state index in [-0.39, 0.29) is 5.91 Å². The average molecular weight is 397 g/mol. The molecule has 5 nitrogen and oxygen atoms in total. The maximum Gasteiger partial charge on any atom is 0.263 e. The molecule has 2 aromatic carbocycles. The number of ether oxygens (including phenoxy) is 2. The molecular formula is C22H24N2O3S. The summed E-state index contributed by atoms with van der Waals surface area (Å²) in [5.41, 5.74) is 5.10. The first-order chi connectivity index (χ1) is 13.4. The second-order valence-corrected chi connectivity index (χ2v) is 7.62. The monoisotopic (exact) mass is 396 g/mol. The van der Waals surface area contributed by atoms with Crippen molar-refractivity contribution in [3.8, 4) is 22.1 Å². The van der Waals surface area contributed by atoms with Crippen LogP contribution in [-0.2, 0) is 6.54 Å². The minimum atomic E-state index is -0.110. The third-order valence-corrected chi connectivity index (χ3v) is 5.78. The highest BCUT2D eigenvalue weighted by atomic mass is 32.1. The summed E-state index contributed by atoms with van der Waals surface area (Å²) in [6.07, 6.45) is 0. The molecule has 28 heavy (non-hydrogen) atoms. The fourth-order valence-electron chi connectivity index (χ4n) is 3.00. The first-order valence-electron chi connectivity index (χ1n) is 8.97. The summed E-state index contributed by atoms with van der Waals surface area (Å²) in [7, 11) is 3.20. The summed E-state index contributed by atoms with van der Waals surface area (Å²) in [5, 5.41) is 3.78. The zero-order valence-corrected chi connectivity index (χ0v) is 17.6. The van der Waals surface area contributed by atoms with Gasteiger partial charge in [-0.3, -0.25) is 4.79 Å². The Morgan fingerprint density at radius 3 is 2.46 bits per heavy atom. The number of nitrogens with one attached hydrogen (secondary N) is 1. The van der Waals surface area contributed by atoms with Gasteiger partial charge in [-0.05, 0) is 50.1 Å². The number of thiazole rings is 1. The predicted octanol–water partition coefficient (Wildman–Crippen LogP) is 4.68. The van der Waals surface area contributed by atoms with Crippen LogP contribution in [0.1, 0.15) is 32.1 Å². The SMILES string of the molecule is COc1ccc(-c2nc(C)c(C(=O)NCc3ccc(C)cc3C)s2)cc1OC. The molecule has 0 saturated heterocycles. The summed E-state index contributed by atoms with van der Waals surface area (Å²) >= 11 is 1.38. The van der Waals surface area contributed by atoms with Gasteiger partial charge in [-0.15, -0.1) is 11.3 Å². The lowest BCUT2D eigenvalue weighted by atomic mass is 10.1. The van der Waals surface area contributed by atoms with Crippen molar-refractivity contribution >= 4 is 17.2 Å². The second kappa shape index (κ2) is 8.44. The van der Waals surface area contributed by atoms with Crippen LogP contribution in [-0.4, -0.2) is 25.1 Å². The number of amides is 1. The maximum atomic E-state index is 12.7. The smallest absolute Gasteiger partial charge is 0.263 e. The van der Waals surface area contributed by atoms with E-state index >= 15 is 0 Å². The molecule has 1 heterocycles. The Morgan fingerprint density at radius 1 is 1.04 bits per heavy atom. The van der Waals surface area contributed by atoms with Gasteiger partial charge in [-0.25, -0.2) is 4.98 Å². The molecule has 0 bridgehead atoms. The number of carbonyl (C=O) groups excluding carboxylic acids is 1. The normalized spacial score (nSPS) is 10.6. The molecule has 0 aliphatic carbocycles. The Morgan fingerprint density at radius 2 is 1.79 bits per heavy atom. The van der Waals surface area contributed by atoms with Crippen LogP contribution < -0.4 is 14.8 Å². The van der Waals surface area contributed by atoms with Gasteiger partial charge in [0, 0.05) is 12.1 Å². The van der Waals surface area contributed by atoms with Crippen molar-refractivity contribution in [1.29, 1.82) is 0 Å². The fraction of sp³-hybridized carbons (Fsp3) is 0.273. The third-order valence-electron chi connectivity index (χ3n) is 4.57. The minimum absolute atomic E-state index is 0.110. The highest BCUT2D eigenvalue weighted by Crippen LogP contribution is 2.35. The Kier molecular flexibility index (Phi) is 5.99. The van der Waals surface area contributed by atoms with Crippen LogP contribution in [0.2, 0.25) is 0 Å². The molecule has 6 heteroatoms. The number of hydrogen-bond donors (Lipinski definition) is 1. The molecular weight excluding hydrogens is 372 g/mol. The van der Waals surface area contributed by atoms with Gasteiger partial charge in [0.15, 0.2) is 11.5 Å². The van der Waals surface area contributed by atoms with Gasteiger partial charge in [0.2, 0.25) is 0 Å². The molecule has 0 atom stereocenters. The number of methoxy groups -OCH3 is 2. The molecule has 146 valence electrons. The Labute approximate surface area is 169 Å². The van der Waals surface area contributed by atoms with Crippen LogP contribution in [0.4, 0.5) is 0 Å². The van der Waals surface area contributed by atoms with Gasteiger partial charge >= 0.3 is 0 Å². The molecule has 0 fully saturated rings. The molecule has 0 saturated carbocycles. The van der Waals surface area contributed by atoms with Crippen LogP contribution in [0.5, 0.6) is 11.5 Å². The molecule has 1 aromatic heterocycles. The van der Waals surface area contributed by atoms with E-state index in [4.69, 9.17) is 9.47 Å². The molecule has 0 aliphatic rings. The third kappa shape index (κ3) is 4.17. The quantitative estimate of drug-likeness (QED) is 0.657. The van der Waals surface area contributed by atoms with Crippen molar-refractivity contribution in [3.63, 3.8) is 0 Å². The fourth-order valence-corrected chi connectivity index (χ4v) is 3.98. The van der Waals surface area contributed by atoms with Crippen molar-refractivity contribution in [2.24, 2.45) is 0 Å². The van der Waals surface area contributed by atoms with Crippen molar-refractivity contribution in [2.45, 2.75) is 27.3 Å². The van der Waals surface area contributed by atoms with E-state index in [0.29, 0.717) is 28.6 Å². The maximum absolute atomic E-state index is 12.7. The van der Waals surface area contributed by atoms with E-state index in [1.807, 2.05) is 25.1 Å². The summed E-state index contributed by atoms with van der Waals surface area (Å²) in [5.74, 6) is 1.18. The van der Waals surface area contributed by atoms with Crippen molar-refractivity contribution < 1.29 is 14.3 Å². The zero-order chi connectivity index (χ0) is 20.3. The van der Waals surface area contributed by atoms with Gasteiger partial charge < -0.3 is 14.8 Å². The van der Waals surface area contributed by atoms with E-state index < -0.39 is 0 Å². The molecule has 0 spiro atoms. The largest absolute Gasteiger partial charge is 0.493 e. The molecule has 0 aliphatic heterocycles. The molecule has 0 unspecified atom stereocenters. The average Bonchev–Trinajstić information content (AvgIpc) is 3.08. The van der Waals surface area contributed by atoms with Gasteiger partial charge in [0.05, 0.1) is 19.9 Å². The summed E-state index contributed by atoms with van der Waals surface area (Å²) in [6.45, 7) is 6.47. The van der Waals surface area contributed by atoms with Crippen molar-refractivity contribution in [1.82, 2.24) is 10.3 Å². The first kappa shape index (κ1) is 19.9. The summed E-state index contributed by atoms with van der Waals surface area (Å²) in [4.78, 5) is 17.9. The number of hydrogen-bond acceptors (Lipinski definition) is 5. The lowest BCUT2D eigenvalue weighted by molar-refractivity contribution is 0.0954. The minimum Gasteiger partial charge on any atom is -0.493 e. The lowest BCUT2D eigenvalue weighted by Crippen LogP contribution is -2.23. The van der Waals surface area contributed by atoms with E-state index in [2.05, 4.69) is 42.3 Å². The van der Waals surface area contributed by atoms with E-state index in [9.17, 15) is 4.79 Å². The highest BCUT2D eigenvalue weighted by molar-refractivity contribution is 7.17. The number of carbonyl (C=O) groups is 1.